The molecule has 0 aromatic carbocycles. The molecule has 2 aromatic heterocycles. The summed E-state index contributed by atoms with van der Waals surface area (Å²) in [5.74, 6) is -0.0931. The van der Waals surface area contributed by atoms with Gasteiger partial charge in [0.1, 0.15) is 5.82 Å². The Bertz CT molecular complexity index is 574. The van der Waals surface area contributed by atoms with Crippen LogP contribution in [0, 0.1) is 13.8 Å². The van der Waals surface area contributed by atoms with Crippen molar-refractivity contribution in [2.24, 2.45) is 5.73 Å². The SMILES string of the molecule is Cc1cccn2c(C)nc(C(N)CC(=O)O)c12. The summed E-state index contributed by atoms with van der Waals surface area (Å²) in [6, 6.07) is 3.33. The van der Waals surface area contributed by atoms with Crippen molar-refractivity contribution in [3.05, 3.63) is 35.4 Å². The standard InChI is InChI=1S/C12H15N3O2/c1-7-4-3-5-15-8(2)14-11(12(7)15)9(13)6-10(16)17/h3-5,9H,6,13H2,1-2H3,(H,16,17). The number of imidazole rings is 1. The molecule has 0 spiro atoms. The Kier molecular flexibility index (Phi) is 2.85. The molecule has 2 heterocycles. The maximum atomic E-state index is 10.7. The van der Waals surface area contributed by atoms with E-state index in [1.807, 2.05) is 36.6 Å². The normalized spacial score (nSPS) is 12.9. The molecule has 1 unspecified atom stereocenters. The van der Waals surface area contributed by atoms with Crippen molar-refractivity contribution in [1.29, 1.82) is 0 Å². The summed E-state index contributed by atoms with van der Waals surface area (Å²) in [5.41, 5.74) is 8.50. The lowest BCUT2D eigenvalue weighted by Crippen LogP contribution is -2.16. The second-order valence-corrected chi connectivity index (χ2v) is 4.16. The molecule has 1 atom stereocenters. The van der Waals surface area contributed by atoms with Crippen LogP contribution in [0.3, 0.4) is 0 Å². The van der Waals surface area contributed by atoms with E-state index in [0.717, 1.165) is 16.9 Å². The highest BCUT2D eigenvalue weighted by atomic mass is 16.4. The molecule has 0 amide bonds. The Morgan fingerprint density at radius 2 is 2.29 bits per heavy atom. The fourth-order valence-electron chi connectivity index (χ4n) is 2.04. The van der Waals surface area contributed by atoms with Crippen molar-refractivity contribution in [1.82, 2.24) is 9.38 Å². The molecule has 2 rings (SSSR count). The van der Waals surface area contributed by atoms with Gasteiger partial charge >= 0.3 is 5.97 Å². The van der Waals surface area contributed by atoms with Crippen LogP contribution in [0.15, 0.2) is 18.3 Å². The highest BCUT2D eigenvalue weighted by Gasteiger charge is 2.18. The number of nitrogens with zero attached hydrogens (tertiary/aromatic N) is 2. The Hall–Kier alpha value is -1.88. The quantitative estimate of drug-likeness (QED) is 0.840. The van der Waals surface area contributed by atoms with E-state index in [1.165, 1.54) is 0 Å². The summed E-state index contributed by atoms with van der Waals surface area (Å²) in [6.07, 6.45) is 1.79. The number of nitrogens with two attached hydrogens (primary N) is 1. The highest BCUT2D eigenvalue weighted by molar-refractivity contribution is 5.69. The molecule has 0 aliphatic carbocycles. The van der Waals surface area contributed by atoms with Crippen LogP contribution in [-0.4, -0.2) is 20.5 Å². The predicted octanol–water partition coefficient (Wildman–Crippen LogP) is 1.43. The number of hydrogen-bond donors (Lipinski definition) is 2. The third-order valence-corrected chi connectivity index (χ3v) is 2.82. The number of aromatic nitrogens is 2. The summed E-state index contributed by atoms with van der Waals surface area (Å²) >= 11 is 0. The molecule has 2 aromatic rings. The van der Waals surface area contributed by atoms with Gasteiger partial charge in [0.25, 0.3) is 0 Å². The smallest absolute Gasteiger partial charge is 0.305 e. The molecule has 17 heavy (non-hydrogen) atoms. The number of fused-ring (bicyclic) bond motifs is 1. The Morgan fingerprint density at radius 3 is 2.94 bits per heavy atom. The van der Waals surface area contributed by atoms with Crippen molar-refractivity contribution in [3.8, 4) is 0 Å². The van der Waals surface area contributed by atoms with Gasteiger partial charge in [-0.3, -0.25) is 4.79 Å². The van der Waals surface area contributed by atoms with E-state index in [4.69, 9.17) is 10.8 Å². The van der Waals surface area contributed by atoms with Gasteiger partial charge in [0.15, 0.2) is 0 Å². The van der Waals surface area contributed by atoms with Crippen LogP contribution >= 0.6 is 0 Å². The first-order valence-corrected chi connectivity index (χ1v) is 5.42. The van der Waals surface area contributed by atoms with Gasteiger partial charge in [-0.15, -0.1) is 0 Å². The molecule has 0 fully saturated rings. The minimum Gasteiger partial charge on any atom is -0.481 e. The van der Waals surface area contributed by atoms with Gasteiger partial charge in [-0.1, -0.05) is 6.07 Å². The Balaban J connectivity index is 2.58. The first kappa shape index (κ1) is 11.6. The lowest BCUT2D eigenvalue weighted by Gasteiger charge is -2.07. The largest absolute Gasteiger partial charge is 0.481 e. The van der Waals surface area contributed by atoms with Gasteiger partial charge in [0.2, 0.25) is 0 Å². The predicted molar refractivity (Wildman–Crippen MR) is 63.8 cm³/mol. The first-order valence-electron chi connectivity index (χ1n) is 5.42. The number of carboxylic acid groups (broad SMARTS) is 1. The fourth-order valence-corrected chi connectivity index (χ4v) is 2.04. The van der Waals surface area contributed by atoms with E-state index in [2.05, 4.69) is 4.98 Å². The number of pyridine rings is 1. The summed E-state index contributed by atoms with van der Waals surface area (Å²) in [5, 5.41) is 8.78. The summed E-state index contributed by atoms with van der Waals surface area (Å²) in [6.45, 7) is 3.84. The molecule has 5 nitrogen and oxygen atoms in total. The second-order valence-electron chi connectivity index (χ2n) is 4.16. The molecule has 90 valence electrons. The molecule has 3 N–H and O–H groups in total. The molecular formula is C12H15N3O2. The molecule has 0 bridgehead atoms. The van der Waals surface area contributed by atoms with Gasteiger partial charge in [-0.2, -0.15) is 0 Å². The van der Waals surface area contributed by atoms with Crippen LogP contribution < -0.4 is 5.73 Å². The van der Waals surface area contributed by atoms with Crippen LogP contribution in [0.1, 0.15) is 29.5 Å². The molecule has 5 heteroatoms. The van der Waals surface area contributed by atoms with E-state index in [1.54, 1.807) is 0 Å². The highest BCUT2D eigenvalue weighted by Crippen LogP contribution is 2.23. The maximum Gasteiger partial charge on any atom is 0.305 e. The minimum absolute atomic E-state index is 0.111. The number of carboxylic acids is 1. The van der Waals surface area contributed by atoms with Gasteiger partial charge in [-0.05, 0) is 25.5 Å². The van der Waals surface area contributed by atoms with Crippen LogP contribution in [0.4, 0.5) is 0 Å². The van der Waals surface area contributed by atoms with E-state index < -0.39 is 12.0 Å². The monoisotopic (exact) mass is 233 g/mol. The zero-order valence-electron chi connectivity index (χ0n) is 9.84. The molecule has 0 saturated heterocycles. The van der Waals surface area contributed by atoms with Crippen molar-refractivity contribution in [2.75, 3.05) is 0 Å². The first-order chi connectivity index (χ1) is 8.00. The van der Waals surface area contributed by atoms with Crippen molar-refractivity contribution < 1.29 is 9.90 Å². The zero-order chi connectivity index (χ0) is 12.6. The summed E-state index contributed by atoms with van der Waals surface area (Å²) < 4.78 is 1.94. The molecule has 0 aliphatic heterocycles. The van der Waals surface area contributed by atoms with E-state index in [-0.39, 0.29) is 6.42 Å². The number of rotatable bonds is 3. The van der Waals surface area contributed by atoms with Crippen LogP contribution in [0.2, 0.25) is 0 Å². The third-order valence-electron chi connectivity index (χ3n) is 2.82. The number of hydrogen-bond acceptors (Lipinski definition) is 3. The van der Waals surface area contributed by atoms with Crippen LogP contribution in [0.25, 0.3) is 5.52 Å². The Labute approximate surface area is 98.9 Å². The topological polar surface area (TPSA) is 80.6 Å². The van der Waals surface area contributed by atoms with Gasteiger partial charge in [-0.25, -0.2) is 4.98 Å². The van der Waals surface area contributed by atoms with E-state index in [9.17, 15) is 4.79 Å². The fraction of sp³-hybridized carbons (Fsp3) is 0.333. The van der Waals surface area contributed by atoms with E-state index in [0.29, 0.717) is 5.69 Å². The maximum absolute atomic E-state index is 10.7. The summed E-state index contributed by atoms with van der Waals surface area (Å²) in [4.78, 5) is 15.1. The van der Waals surface area contributed by atoms with Crippen LogP contribution in [-0.2, 0) is 4.79 Å². The molecular weight excluding hydrogens is 218 g/mol. The third kappa shape index (κ3) is 2.01. The lowest BCUT2D eigenvalue weighted by atomic mass is 10.1. The van der Waals surface area contributed by atoms with E-state index >= 15 is 0 Å². The number of carbonyl (C=O) groups is 1. The Morgan fingerprint density at radius 1 is 1.59 bits per heavy atom. The molecule has 0 radical (unpaired) electrons. The average molecular weight is 233 g/mol. The molecule has 0 aliphatic rings. The number of aryl methyl sites for hydroxylation is 2. The van der Waals surface area contributed by atoms with Crippen LogP contribution in [0.5, 0.6) is 0 Å². The van der Waals surface area contributed by atoms with Crippen molar-refractivity contribution in [3.63, 3.8) is 0 Å². The van der Waals surface area contributed by atoms with Gasteiger partial charge < -0.3 is 15.2 Å². The minimum atomic E-state index is -0.912. The lowest BCUT2D eigenvalue weighted by molar-refractivity contribution is -0.137. The van der Waals surface area contributed by atoms with Crippen molar-refractivity contribution in [2.45, 2.75) is 26.3 Å². The van der Waals surface area contributed by atoms with Gasteiger partial charge in [0, 0.05) is 6.20 Å². The second kappa shape index (κ2) is 4.18. The van der Waals surface area contributed by atoms with Crippen molar-refractivity contribution >= 4 is 11.5 Å². The number of aliphatic carboxylic acids is 1. The average Bonchev–Trinajstić information content (AvgIpc) is 2.57. The molecule has 0 saturated carbocycles. The summed E-state index contributed by atoms with van der Waals surface area (Å²) in [7, 11) is 0. The van der Waals surface area contributed by atoms with Gasteiger partial charge in [0.05, 0.1) is 23.7 Å². The zero-order valence-corrected chi connectivity index (χ0v) is 9.84.